The van der Waals surface area contributed by atoms with Crippen LogP contribution in [0.5, 0.6) is 0 Å². The van der Waals surface area contributed by atoms with E-state index >= 15 is 0 Å². The van der Waals surface area contributed by atoms with Crippen molar-refractivity contribution in [2.75, 3.05) is 13.1 Å². The van der Waals surface area contributed by atoms with E-state index in [4.69, 9.17) is 5.73 Å². The molecule has 2 rings (SSSR count). The number of hydrogen-bond donors (Lipinski definition) is 3. The summed E-state index contributed by atoms with van der Waals surface area (Å²) in [5.41, 5.74) is 6.95. The van der Waals surface area contributed by atoms with Crippen molar-refractivity contribution in [1.29, 1.82) is 0 Å². The Labute approximate surface area is 90.3 Å². The zero-order valence-electron chi connectivity index (χ0n) is 8.87. The van der Waals surface area contributed by atoms with Gasteiger partial charge in [0, 0.05) is 13.1 Å². The molecule has 0 spiro atoms. The van der Waals surface area contributed by atoms with Crippen LogP contribution in [0, 0.1) is 0 Å². The van der Waals surface area contributed by atoms with E-state index in [1.807, 2.05) is 24.3 Å². The first kappa shape index (κ1) is 10.6. The van der Waals surface area contributed by atoms with Gasteiger partial charge in [-0.05, 0) is 30.5 Å². The van der Waals surface area contributed by atoms with Crippen molar-refractivity contribution in [3.63, 3.8) is 0 Å². The maximum Gasteiger partial charge on any atom is 0.102 e. The third kappa shape index (κ3) is 2.20. The van der Waals surface area contributed by atoms with Crippen LogP contribution in [0.15, 0.2) is 24.3 Å². The normalized spacial score (nSPS) is 26.5. The lowest BCUT2D eigenvalue weighted by Gasteiger charge is -2.33. The second kappa shape index (κ2) is 4.31. The molecule has 1 aliphatic rings. The Morgan fingerprint density at radius 2 is 2.33 bits per heavy atom. The summed E-state index contributed by atoms with van der Waals surface area (Å²) < 4.78 is 0. The van der Waals surface area contributed by atoms with Crippen LogP contribution in [-0.4, -0.2) is 18.2 Å². The van der Waals surface area contributed by atoms with Gasteiger partial charge in [0.25, 0.3) is 0 Å². The maximum absolute atomic E-state index is 10.5. The van der Waals surface area contributed by atoms with Gasteiger partial charge in [-0.15, -0.1) is 0 Å². The van der Waals surface area contributed by atoms with E-state index in [-0.39, 0.29) is 0 Å². The topological polar surface area (TPSA) is 58.3 Å². The zero-order valence-corrected chi connectivity index (χ0v) is 8.87. The lowest BCUT2D eigenvalue weighted by molar-refractivity contribution is 0.0122. The Morgan fingerprint density at radius 1 is 1.47 bits per heavy atom. The largest absolute Gasteiger partial charge is 0.384 e. The molecular weight excluding hydrogens is 188 g/mol. The molecule has 1 fully saturated rings. The predicted octanol–water partition coefficient (Wildman–Crippen LogP) is 0.716. The average molecular weight is 206 g/mol. The molecule has 1 atom stereocenters. The molecule has 3 heteroatoms. The van der Waals surface area contributed by atoms with Gasteiger partial charge in [0.2, 0.25) is 0 Å². The average Bonchev–Trinajstić information content (AvgIpc) is 2.30. The Bertz CT molecular complexity index is 332. The molecule has 0 saturated carbocycles. The van der Waals surface area contributed by atoms with Crippen molar-refractivity contribution in [2.24, 2.45) is 5.73 Å². The highest BCUT2D eigenvalue weighted by Gasteiger charge is 2.30. The SMILES string of the molecule is NCc1cccc(C2(O)CCCNC2)c1. The minimum absolute atomic E-state index is 0.525. The number of β-amino-alcohol motifs (C(OH)–C–C–N with tert-alkyl or cyclic N) is 1. The lowest BCUT2D eigenvalue weighted by atomic mass is 9.86. The fourth-order valence-corrected chi connectivity index (χ4v) is 2.12. The summed E-state index contributed by atoms with van der Waals surface area (Å²) in [4.78, 5) is 0. The Morgan fingerprint density at radius 3 is 3.00 bits per heavy atom. The summed E-state index contributed by atoms with van der Waals surface area (Å²) in [6.07, 6.45) is 1.84. The molecule has 1 aliphatic heterocycles. The van der Waals surface area contributed by atoms with Crippen molar-refractivity contribution in [2.45, 2.75) is 25.0 Å². The van der Waals surface area contributed by atoms with Crippen molar-refractivity contribution >= 4 is 0 Å². The molecule has 15 heavy (non-hydrogen) atoms. The number of piperidine rings is 1. The smallest absolute Gasteiger partial charge is 0.102 e. The van der Waals surface area contributed by atoms with Crippen LogP contribution >= 0.6 is 0 Å². The van der Waals surface area contributed by atoms with E-state index in [0.29, 0.717) is 13.1 Å². The van der Waals surface area contributed by atoms with Crippen LogP contribution < -0.4 is 11.1 Å². The standard InChI is InChI=1S/C12H18N2O/c13-8-10-3-1-4-11(7-10)12(15)5-2-6-14-9-12/h1,3-4,7,14-15H,2,5-6,8-9,13H2. The van der Waals surface area contributed by atoms with Crippen molar-refractivity contribution in [3.8, 4) is 0 Å². The maximum atomic E-state index is 10.5. The van der Waals surface area contributed by atoms with Gasteiger partial charge < -0.3 is 16.2 Å². The first-order valence-electron chi connectivity index (χ1n) is 5.47. The highest BCUT2D eigenvalue weighted by atomic mass is 16.3. The summed E-state index contributed by atoms with van der Waals surface area (Å²) in [6.45, 7) is 2.16. The van der Waals surface area contributed by atoms with Crippen molar-refractivity contribution in [3.05, 3.63) is 35.4 Å². The predicted molar refractivity (Wildman–Crippen MR) is 60.3 cm³/mol. The van der Waals surface area contributed by atoms with Crippen LogP contribution in [-0.2, 0) is 12.1 Å². The lowest BCUT2D eigenvalue weighted by Crippen LogP contribution is -2.43. The van der Waals surface area contributed by atoms with E-state index in [2.05, 4.69) is 5.32 Å². The molecule has 82 valence electrons. The van der Waals surface area contributed by atoms with Crippen LogP contribution in [0.3, 0.4) is 0 Å². The monoisotopic (exact) mass is 206 g/mol. The minimum Gasteiger partial charge on any atom is -0.384 e. The molecule has 0 radical (unpaired) electrons. The van der Waals surface area contributed by atoms with Gasteiger partial charge in [-0.25, -0.2) is 0 Å². The zero-order chi connectivity index (χ0) is 10.7. The number of rotatable bonds is 2. The van der Waals surface area contributed by atoms with Crippen molar-refractivity contribution < 1.29 is 5.11 Å². The van der Waals surface area contributed by atoms with E-state index in [1.165, 1.54) is 0 Å². The molecule has 4 N–H and O–H groups in total. The highest BCUT2D eigenvalue weighted by molar-refractivity contribution is 5.29. The fraction of sp³-hybridized carbons (Fsp3) is 0.500. The first-order chi connectivity index (χ1) is 7.24. The molecule has 1 aromatic carbocycles. The molecule has 0 amide bonds. The summed E-state index contributed by atoms with van der Waals surface area (Å²) in [6, 6.07) is 7.94. The Kier molecular flexibility index (Phi) is 3.05. The molecule has 1 heterocycles. The molecule has 1 aromatic rings. The van der Waals surface area contributed by atoms with Crippen LogP contribution in [0.1, 0.15) is 24.0 Å². The molecule has 3 nitrogen and oxygen atoms in total. The molecule has 0 bridgehead atoms. The van der Waals surface area contributed by atoms with Gasteiger partial charge in [0.05, 0.1) is 0 Å². The van der Waals surface area contributed by atoms with Gasteiger partial charge >= 0.3 is 0 Å². The third-order valence-electron chi connectivity index (χ3n) is 3.06. The number of aliphatic hydroxyl groups is 1. The number of hydrogen-bond acceptors (Lipinski definition) is 3. The molecular formula is C12H18N2O. The van der Waals surface area contributed by atoms with E-state index in [9.17, 15) is 5.11 Å². The van der Waals surface area contributed by atoms with Gasteiger partial charge in [-0.1, -0.05) is 24.3 Å². The molecule has 1 unspecified atom stereocenters. The van der Waals surface area contributed by atoms with E-state index < -0.39 is 5.60 Å². The fourth-order valence-electron chi connectivity index (χ4n) is 2.12. The second-order valence-electron chi connectivity index (χ2n) is 4.22. The molecule has 0 aromatic heterocycles. The van der Waals surface area contributed by atoms with Crippen molar-refractivity contribution in [1.82, 2.24) is 5.32 Å². The van der Waals surface area contributed by atoms with Crippen LogP contribution in [0.25, 0.3) is 0 Å². The molecule has 0 aliphatic carbocycles. The van der Waals surface area contributed by atoms with E-state index in [1.54, 1.807) is 0 Å². The van der Waals surface area contributed by atoms with Crippen LogP contribution in [0.4, 0.5) is 0 Å². The second-order valence-corrected chi connectivity index (χ2v) is 4.22. The Balaban J connectivity index is 2.26. The van der Waals surface area contributed by atoms with Gasteiger partial charge in [-0.2, -0.15) is 0 Å². The minimum atomic E-state index is -0.705. The summed E-state index contributed by atoms with van der Waals surface area (Å²) in [5, 5.41) is 13.7. The quantitative estimate of drug-likeness (QED) is 0.668. The summed E-state index contributed by atoms with van der Waals surface area (Å²) >= 11 is 0. The first-order valence-corrected chi connectivity index (χ1v) is 5.47. The molecule has 1 saturated heterocycles. The Hall–Kier alpha value is -0.900. The van der Waals surface area contributed by atoms with Gasteiger partial charge in [-0.3, -0.25) is 0 Å². The summed E-state index contributed by atoms with van der Waals surface area (Å²) in [7, 11) is 0. The third-order valence-corrected chi connectivity index (χ3v) is 3.06. The number of nitrogens with two attached hydrogens (primary N) is 1. The van der Waals surface area contributed by atoms with Gasteiger partial charge in [0.1, 0.15) is 5.60 Å². The van der Waals surface area contributed by atoms with E-state index in [0.717, 1.165) is 30.5 Å². The summed E-state index contributed by atoms with van der Waals surface area (Å²) in [5.74, 6) is 0. The highest BCUT2D eigenvalue weighted by Crippen LogP contribution is 2.28. The number of benzene rings is 1. The van der Waals surface area contributed by atoms with Crippen LogP contribution in [0.2, 0.25) is 0 Å². The number of nitrogens with one attached hydrogen (secondary N) is 1. The van der Waals surface area contributed by atoms with Gasteiger partial charge in [0.15, 0.2) is 0 Å².